The standard InChI is InChI=1S/C7H13NO3/c1-6(10)8-4-7(5-8)11-3-2-9/h7,9H,2-5H2,1H3. The van der Waals surface area contributed by atoms with E-state index in [0.29, 0.717) is 19.7 Å². The van der Waals surface area contributed by atoms with E-state index in [2.05, 4.69) is 0 Å². The highest BCUT2D eigenvalue weighted by atomic mass is 16.5. The SMILES string of the molecule is CC(=O)N1CC(OCCO)C1. The number of aliphatic hydroxyl groups is 1. The first-order chi connectivity index (χ1) is 5.24. The minimum absolute atomic E-state index is 0.0522. The molecule has 0 spiro atoms. The van der Waals surface area contributed by atoms with Crippen LogP contribution >= 0.6 is 0 Å². The zero-order valence-corrected chi connectivity index (χ0v) is 6.62. The summed E-state index contributed by atoms with van der Waals surface area (Å²) in [6.45, 7) is 3.32. The summed E-state index contributed by atoms with van der Waals surface area (Å²) in [7, 11) is 0. The van der Waals surface area contributed by atoms with E-state index >= 15 is 0 Å². The number of ether oxygens (including phenoxy) is 1. The topological polar surface area (TPSA) is 49.8 Å². The summed E-state index contributed by atoms with van der Waals surface area (Å²) in [5.74, 6) is 0.0915. The molecule has 0 aromatic rings. The van der Waals surface area contributed by atoms with Crippen molar-refractivity contribution in [2.75, 3.05) is 26.3 Å². The maximum Gasteiger partial charge on any atom is 0.219 e. The van der Waals surface area contributed by atoms with Crippen LogP contribution in [-0.2, 0) is 9.53 Å². The molecule has 1 rings (SSSR count). The van der Waals surface area contributed by atoms with Crippen molar-refractivity contribution >= 4 is 5.91 Å². The van der Waals surface area contributed by atoms with Crippen LogP contribution in [0.1, 0.15) is 6.92 Å². The number of hydrogen-bond donors (Lipinski definition) is 1. The second-order valence-electron chi connectivity index (χ2n) is 2.64. The van der Waals surface area contributed by atoms with Crippen molar-refractivity contribution in [2.45, 2.75) is 13.0 Å². The fourth-order valence-electron chi connectivity index (χ4n) is 1.02. The predicted octanol–water partition coefficient (Wildman–Crippen LogP) is -0.774. The molecule has 1 N–H and O–H groups in total. The van der Waals surface area contributed by atoms with Gasteiger partial charge in [0.2, 0.25) is 5.91 Å². The number of aliphatic hydroxyl groups excluding tert-OH is 1. The molecule has 0 aromatic carbocycles. The average molecular weight is 159 g/mol. The number of carbonyl (C=O) groups is 1. The Morgan fingerprint density at radius 2 is 2.36 bits per heavy atom. The van der Waals surface area contributed by atoms with Crippen molar-refractivity contribution in [2.24, 2.45) is 0 Å². The van der Waals surface area contributed by atoms with Crippen molar-refractivity contribution in [3.05, 3.63) is 0 Å². The lowest BCUT2D eigenvalue weighted by Gasteiger charge is -2.38. The maximum atomic E-state index is 10.7. The van der Waals surface area contributed by atoms with Crippen molar-refractivity contribution in [3.8, 4) is 0 Å². The molecule has 1 heterocycles. The van der Waals surface area contributed by atoms with E-state index < -0.39 is 0 Å². The molecule has 0 saturated carbocycles. The molecule has 0 aliphatic carbocycles. The second-order valence-corrected chi connectivity index (χ2v) is 2.64. The summed E-state index contributed by atoms with van der Waals surface area (Å²) in [4.78, 5) is 12.4. The Labute approximate surface area is 65.8 Å². The molecule has 4 heteroatoms. The van der Waals surface area contributed by atoms with E-state index in [9.17, 15) is 4.79 Å². The highest BCUT2D eigenvalue weighted by Crippen LogP contribution is 2.10. The van der Waals surface area contributed by atoms with E-state index in [1.54, 1.807) is 11.8 Å². The summed E-state index contributed by atoms with van der Waals surface area (Å²) in [6.07, 6.45) is 0.144. The lowest BCUT2D eigenvalue weighted by Crippen LogP contribution is -2.54. The third-order valence-corrected chi connectivity index (χ3v) is 1.74. The fraction of sp³-hybridized carbons (Fsp3) is 0.857. The van der Waals surface area contributed by atoms with Gasteiger partial charge in [-0.2, -0.15) is 0 Å². The summed E-state index contributed by atoms with van der Waals surface area (Å²) in [6, 6.07) is 0. The van der Waals surface area contributed by atoms with Gasteiger partial charge < -0.3 is 14.7 Å². The maximum absolute atomic E-state index is 10.7. The molecule has 1 saturated heterocycles. The van der Waals surface area contributed by atoms with Crippen LogP contribution < -0.4 is 0 Å². The van der Waals surface area contributed by atoms with E-state index in [1.807, 2.05) is 0 Å². The van der Waals surface area contributed by atoms with Crippen molar-refractivity contribution in [1.82, 2.24) is 4.90 Å². The largest absolute Gasteiger partial charge is 0.394 e. The first-order valence-electron chi connectivity index (χ1n) is 3.72. The van der Waals surface area contributed by atoms with Crippen LogP contribution in [0.15, 0.2) is 0 Å². The molecule has 0 unspecified atom stereocenters. The quantitative estimate of drug-likeness (QED) is 0.588. The molecule has 1 amide bonds. The molecule has 1 aliphatic heterocycles. The van der Waals surface area contributed by atoms with Gasteiger partial charge in [0.1, 0.15) is 0 Å². The molecule has 1 aliphatic rings. The van der Waals surface area contributed by atoms with Gasteiger partial charge in [0.05, 0.1) is 19.3 Å². The molecule has 1 fully saturated rings. The van der Waals surface area contributed by atoms with Gasteiger partial charge in [-0.3, -0.25) is 4.79 Å². The van der Waals surface area contributed by atoms with Gasteiger partial charge >= 0.3 is 0 Å². The monoisotopic (exact) mass is 159 g/mol. The highest BCUT2D eigenvalue weighted by Gasteiger charge is 2.28. The lowest BCUT2D eigenvalue weighted by molar-refractivity contribution is -0.143. The van der Waals surface area contributed by atoms with Crippen LogP contribution in [0.4, 0.5) is 0 Å². The number of likely N-dealkylation sites (tertiary alicyclic amines) is 1. The summed E-state index contributed by atoms with van der Waals surface area (Å²) in [5, 5.41) is 8.40. The van der Waals surface area contributed by atoms with Gasteiger partial charge in [-0.25, -0.2) is 0 Å². The Balaban J connectivity index is 2.05. The van der Waals surface area contributed by atoms with Gasteiger partial charge in [0.25, 0.3) is 0 Å². The van der Waals surface area contributed by atoms with Gasteiger partial charge in [0, 0.05) is 20.0 Å². The molecule has 0 radical (unpaired) electrons. The minimum atomic E-state index is 0.0522. The lowest BCUT2D eigenvalue weighted by atomic mass is 10.2. The van der Waals surface area contributed by atoms with Crippen molar-refractivity contribution in [3.63, 3.8) is 0 Å². The molecule has 11 heavy (non-hydrogen) atoms. The summed E-state index contributed by atoms with van der Waals surface area (Å²) < 4.78 is 5.16. The van der Waals surface area contributed by atoms with Crippen LogP contribution in [0, 0.1) is 0 Å². The van der Waals surface area contributed by atoms with E-state index in [-0.39, 0.29) is 18.6 Å². The highest BCUT2D eigenvalue weighted by molar-refractivity contribution is 5.74. The third kappa shape index (κ3) is 2.17. The molecule has 0 bridgehead atoms. The number of hydrogen-bond acceptors (Lipinski definition) is 3. The smallest absolute Gasteiger partial charge is 0.219 e. The van der Waals surface area contributed by atoms with Crippen molar-refractivity contribution < 1.29 is 14.6 Å². The van der Waals surface area contributed by atoms with Crippen LogP contribution in [0.2, 0.25) is 0 Å². The first-order valence-corrected chi connectivity index (χ1v) is 3.72. The van der Waals surface area contributed by atoms with Crippen LogP contribution in [-0.4, -0.2) is 48.3 Å². The van der Waals surface area contributed by atoms with E-state index in [1.165, 1.54) is 0 Å². The molecule has 0 atom stereocenters. The number of amides is 1. The molecule has 64 valence electrons. The second kappa shape index (κ2) is 3.69. The molecule has 0 aromatic heterocycles. The van der Waals surface area contributed by atoms with E-state index in [0.717, 1.165) is 0 Å². The fourth-order valence-corrected chi connectivity index (χ4v) is 1.02. The normalized spacial score (nSPS) is 18.2. The average Bonchev–Trinajstić information content (AvgIpc) is 1.84. The van der Waals surface area contributed by atoms with Gasteiger partial charge in [0.15, 0.2) is 0 Å². The Kier molecular flexibility index (Phi) is 2.84. The summed E-state index contributed by atoms with van der Waals surface area (Å²) in [5.41, 5.74) is 0. The molecular weight excluding hydrogens is 146 g/mol. The Morgan fingerprint density at radius 3 is 2.82 bits per heavy atom. The zero-order chi connectivity index (χ0) is 8.27. The Hall–Kier alpha value is -0.610. The number of carbonyl (C=O) groups excluding carboxylic acids is 1. The third-order valence-electron chi connectivity index (χ3n) is 1.74. The Morgan fingerprint density at radius 1 is 1.73 bits per heavy atom. The van der Waals surface area contributed by atoms with Gasteiger partial charge in [-0.05, 0) is 0 Å². The zero-order valence-electron chi connectivity index (χ0n) is 6.62. The predicted molar refractivity (Wildman–Crippen MR) is 39.1 cm³/mol. The van der Waals surface area contributed by atoms with Crippen LogP contribution in [0.3, 0.4) is 0 Å². The number of rotatable bonds is 3. The summed E-state index contributed by atoms with van der Waals surface area (Å²) >= 11 is 0. The van der Waals surface area contributed by atoms with Gasteiger partial charge in [-0.1, -0.05) is 0 Å². The minimum Gasteiger partial charge on any atom is -0.394 e. The first kappa shape index (κ1) is 8.49. The van der Waals surface area contributed by atoms with Gasteiger partial charge in [-0.15, -0.1) is 0 Å². The van der Waals surface area contributed by atoms with Crippen LogP contribution in [0.5, 0.6) is 0 Å². The molecule has 4 nitrogen and oxygen atoms in total. The van der Waals surface area contributed by atoms with Crippen LogP contribution in [0.25, 0.3) is 0 Å². The van der Waals surface area contributed by atoms with E-state index in [4.69, 9.17) is 9.84 Å². The Bertz CT molecular complexity index is 143. The molecular formula is C7H13NO3. The number of nitrogens with zero attached hydrogens (tertiary/aromatic N) is 1. The van der Waals surface area contributed by atoms with Crippen molar-refractivity contribution in [1.29, 1.82) is 0 Å².